The van der Waals surface area contributed by atoms with Crippen LogP contribution in [-0.4, -0.2) is 96.7 Å². The highest BCUT2D eigenvalue weighted by atomic mass is 31.2. The first-order valence-corrected chi connectivity index (χ1v) is 45.3. The van der Waals surface area contributed by atoms with E-state index >= 15 is 0 Å². The van der Waals surface area contributed by atoms with Crippen LogP contribution in [0.5, 0.6) is 0 Å². The molecule has 0 radical (unpaired) electrons. The molecular formula is C82H160O17P2. The Balaban J connectivity index is 5.26. The highest BCUT2D eigenvalue weighted by molar-refractivity contribution is 7.47. The van der Waals surface area contributed by atoms with Crippen molar-refractivity contribution in [2.75, 3.05) is 39.6 Å². The Hall–Kier alpha value is -1.94. The van der Waals surface area contributed by atoms with Gasteiger partial charge in [-0.05, 0) is 49.4 Å². The number of hydrogen-bond donors (Lipinski definition) is 3. The van der Waals surface area contributed by atoms with Gasteiger partial charge in [0.05, 0.1) is 26.4 Å². The van der Waals surface area contributed by atoms with Gasteiger partial charge in [-0.2, -0.15) is 0 Å². The van der Waals surface area contributed by atoms with Crippen molar-refractivity contribution in [1.29, 1.82) is 0 Å². The summed E-state index contributed by atoms with van der Waals surface area (Å²) in [6.07, 6.45) is 58.1. The third-order valence-electron chi connectivity index (χ3n) is 20.2. The summed E-state index contributed by atoms with van der Waals surface area (Å²) in [4.78, 5) is 73.1. The highest BCUT2D eigenvalue weighted by Crippen LogP contribution is 2.45. The molecule has 5 unspecified atom stereocenters. The first kappa shape index (κ1) is 99.1. The van der Waals surface area contributed by atoms with Gasteiger partial charge >= 0.3 is 39.5 Å². The molecule has 0 spiro atoms. The van der Waals surface area contributed by atoms with Crippen molar-refractivity contribution in [1.82, 2.24) is 0 Å². The van der Waals surface area contributed by atoms with Gasteiger partial charge < -0.3 is 33.8 Å². The fraction of sp³-hybridized carbons (Fsp3) is 0.951. The van der Waals surface area contributed by atoms with E-state index in [0.717, 1.165) is 114 Å². The second-order valence-electron chi connectivity index (χ2n) is 30.7. The number of ether oxygens (including phenoxy) is 4. The lowest BCUT2D eigenvalue weighted by Gasteiger charge is -2.21. The molecule has 8 atom stereocenters. The van der Waals surface area contributed by atoms with Gasteiger partial charge in [0.2, 0.25) is 0 Å². The van der Waals surface area contributed by atoms with Crippen LogP contribution < -0.4 is 0 Å². The van der Waals surface area contributed by atoms with E-state index in [1.165, 1.54) is 225 Å². The molecule has 17 nitrogen and oxygen atoms in total. The molecule has 0 aromatic rings. The first-order valence-electron chi connectivity index (χ1n) is 42.3. The summed E-state index contributed by atoms with van der Waals surface area (Å²) in [5.41, 5.74) is 0. The summed E-state index contributed by atoms with van der Waals surface area (Å²) in [6.45, 7) is 14.3. The number of phosphoric acid groups is 2. The summed E-state index contributed by atoms with van der Waals surface area (Å²) in [7, 11) is -9.92. The number of phosphoric ester groups is 2. The van der Waals surface area contributed by atoms with Crippen molar-refractivity contribution in [3.63, 3.8) is 0 Å². The van der Waals surface area contributed by atoms with E-state index in [1.54, 1.807) is 0 Å². The van der Waals surface area contributed by atoms with E-state index in [9.17, 15) is 43.2 Å². The van der Waals surface area contributed by atoms with Crippen LogP contribution in [0.4, 0.5) is 0 Å². The van der Waals surface area contributed by atoms with Gasteiger partial charge in [0.15, 0.2) is 12.2 Å². The zero-order valence-electron chi connectivity index (χ0n) is 66.5. The second-order valence-corrected chi connectivity index (χ2v) is 33.6. The number of carbonyl (C=O) groups is 4. The molecule has 0 aliphatic heterocycles. The Morgan fingerprint density at radius 1 is 0.277 bits per heavy atom. The predicted octanol–water partition coefficient (Wildman–Crippen LogP) is 24.4. The zero-order valence-corrected chi connectivity index (χ0v) is 68.3. The van der Waals surface area contributed by atoms with E-state index in [4.69, 9.17) is 37.0 Å². The average molecular weight is 1480 g/mol. The van der Waals surface area contributed by atoms with Crippen molar-refractivity contribution in [2.24, 2.45) is 23.7 Å². The number of aliphatic hydroxyl groups excluding tert-OH is 1. The number of carbonyl (C=O) groups excluding carboxylic acids is 4. The monoisotopic (exact) mass is 1480 g/mol. The molecule has 19 heteroatoms. The fourth-order valence-electron chi connectivity index (χ4n) is 12.5. The molecule has 0 rings (SSSR count). The molecule has 101 heavy (non-hydrogen) atoms. The average Bonchev–Trinajstić information content (AvgIpc) is 1.19. The number of unbranched alkanes of at least 4 members (excludes halogenated alkanes) is 42. The quantitative estimate of drug-likeness (QED) is 0.0222. The molecule has 0 aliphatic carbocycles. The Morgan fingerprint density at radius 3 is 0.703 bits per heavy atom. The van der Waals surface area contributed by atoms with Crippen LogP contribution in [0.25, 0.3) is 0 Å². The smallest absolute Gasteiger partial charge is 0.462 e. The van der Waals surface area contributed by atoms with Gasteiger partial charge in [0.1, 0.15) is 19.3 Å². The van der Waals surface area contributed by atoms with Crippen LogP contribution in [0.2, 0.25) is 0 Å². The molecule has 0 saturated heterocycles. The molecule has 0 fully saturated rings. The lowest BCUT2D eigenvalue weighted by Crippen LogP contribution is -2.30. The Kier molecular flexibility index (Phi) is 69.6. The van der Waals surface area contributed by atoms with Gasteiger partial charge in [-0.25, -0.2) is 9.13 Å². The van der Waals surface area contributed by atoms with Crippen molar-refractivity contribution in [2.45, 2.75) is 440 Å². The van der Waals surface area contributed by atoms with Crippen LogP contribution in [-0.2, 0) is 65.4 Å². The molecule has 0 aliphatic rings. The van der Waals surface area contributed by atoms with Crippen LogP contribution >= 0.6 is 15.6 Å². The third kappa shape index (κ3) is 72.1. The summed E-state index contributed by atoms with van der Waals surface area (Å²) in [5, 5.41) is 10.6. The number of rotatable bonds is 79. The summed E-state index contributed by atoms with van der Waals surface area (Å²) >= 11 is 0. The zero-order chi connectivity index (χ0) is 74.6. The number of hydrogen-bond acceptors (Lipinski definition) is 15. The SMILES string of the molecule is CCC(C)CCCCCCCCCCCCCCCCC(=O)OC[C@H](COP(=O)(O)OC[C@@H](O)COP(=O)(O)OC[C@@H](COC(=O)CCCCCCCCCCC(C)CC)OC(=O)CCCCCCCCCCC(C)CC)OC(=O)CCCCCCCCCCCCCCCCCCC(C)C. The summed E-state index contributed by atoms with van der Waals surface area (Å²) < 4.78 is 68.8. The molecular weight excluding hydrogens is 1320 g/mol. The Bertz CT molecular complexity index is 1980. The van der Waals surface area contributed by atoms with Crippen LogP contribution in [0.3, 0.4) is 0 Å². The van der Waals surface area contributed by atoms with Crippen molar-refractivity contribution in [3.05, 3.63) is 0 Å². The van der Waals surface area contributed by atoms with E-state index < -0.39 is 97.5 Å². The fourth-order valence-corrected chi connectivity index (χ4v) is 14.1. The van der Waals surface area contributed by atoms with Crippen LogP contribution in [0, 0.1) is 23.7 Å². The standard InChI is InChI=1S/C82H160O17P2/c1-9-73(6)59-51-43-35-27-23-19-16-17-20-24-28-38-46-54-62-79(84)92-68-77(98-81(86)64-56-48-40-29-25-21-15-13-12-14-18-22-26-34-42-50-58-72(4)5)70-96-100(88,89)94-66-76(83)67-95-101(90,91)97-71-78(99-82(87)65-57-49-41-33-31-37-45-53-61-75(8)11-3)69-93-80(85)63-55-47-39-32-30-36-44-52-60-74(7)10-2/h72-78,83H,9-71H2,1-8H3,(H,88,89)(H,90,91)/t73?,74?,75?,76-,77-,78-/m1/s1. The lowest BCUT2D eigenvalue weighted by atomic mass is 9.99. The molecule has 0 aromatic heterocycles. The van der Waals surface area contributed by atoms with Gasteiger partial charge in [0, 0.05) is 25.7 Å². The van der Waals surface area contributed by atoms with Crippen molar-refractivity contribution in [3.8, 4) is 0 Å². The topological polar surface area (TPSA) is 237 Å². The Labute approximate surface area is 619 Å². The first-order chi connectivity index (χ1) is 48.7. The molecule has 0 saturated carbocycles. The van der Waals surface area contributed by atoms with Gasteiger partial charge in [-0.15, -0.1) is 0 Å². The normalized spacial score (nSPS) is 14.8. The predicted molar refractivity (Wildman–Crippen MR) is 414 cm³/mol. The minimum absolute atomic E-state index is 0.104. The minimum Gasteiger partial charge on any atom is -0.462 e. The maximum absolute atomic E-state index is 13.1. The largest absolute Gasteiger partial charge is 0.472 e. The molecule has 3 N–H and O–H groups in total. The maximum Gasteiger partial charge on any atom is 0.472 e. The third-order valence-corrected chi connectivity index (χ3v) is 22.1. The second kappa shape index (κ2) is 71.0. The van der Waals surface area contributed by atoms with Crippen LogP contribution in [0.15, 0.2) is 0 Å². The highest BCUT2D eigenvalue weighted by Gasteiger charge is 2.30. The lowest BCUT2D eigenvalue weighted by molar-refractivity contribution is -0.161. The maximum atomic E-state index is 13.1. The molecule has 0 bridgehead atoms. The van der Waals surface area contributed by atoms with Gasteiger partial charge in [0.25, 0.3) is 0 Å². The number of aliphatic hydroxyl groups is 1. The van der Waals surface area contributed by atoms with E-state index in [-0.39, 0.29) is 25.7 Å². The Morgan fingerprint density at radius 2 is 0.475 bits per heavy atom. The molecule has 600 valence electrons. The summed E-state index contributed by atoms with van der Waals surface area (Å²) in [5.74, 6) is 1.09. The number of esters is 4. The molecule has 0 heterocycles. The van der Waals surface area contributed by atoms with Crippen molar-refractivity contribution >= 4 is 39.5 Å². The molecule has 0 aromatic carbocycles. The van der Waals surface area contributed by atoms with Gasteiger partial charge in [-0.3, -0.25) is 37.3 Å². The summed E-state index contributed by atoms with van der Waals surface area (Å²) in [6, 6.07) is 0. The van der Waals surface area contributed by atoms with E-state index in [0.29, 0.717) is 25.7 Å². The van der Waals surface area contributed by atoms with Crippen molar-refractivity contribution < 1.29 is 80.2 Å². The minimum atomic E-state index is -4.96. The van der Waals surface area contributed by atoms with E-state index in [1.807, 2.05) is 0 Å². The van der Waals surface area contributed by atoms with Crippen LogP contribution in [0.1, 0.15) is 421 Å². The van der Waals surface area contributed by atoms with E-state index in [2.05, 4.69) is 55.4 Å². The molecule has 0 amide bonds. The van der Waals surface area contributed by atoms with Gasteiger partial charge in [-0.1, -0.05) is 370 Å².